The van der Waals surface area contributed by atoms with Crippen LogP contribution in [0.25, 0.3) is 0 Å². The van der Waals surface area contributed by atoms with E-state index in [2.05, 4.69) is 10.5 Å². The summed E-state index contributed by atoms with van der Waals surface area (Å²) < 4.78 is 0. The number of anilines is 1. The Bertz CT molecular complexity index is 385. The molecular formula is C11H15N3O2. The van der Waals surface area contributed by atoms with Crippen molar-refractivity contribution in [1.82, 2.24) is 0 Å². The van der Waals surface area contributed by atoms with Gasteiger partial charge in [-0.2, -0.15) is 0 Å². The summed E-state index contributed by atoms with van der Waals surface area (Å²) in [6.07, 6.45) is 0.838. The van der Waals surface area contributed by atoms with Crippen LogP contribution in [0, 0.1) is 0 Å². The molecule has 0 fully saturated rings. The Balaban J connectivity index is 2.64. The van der Waals surface area contributed by atoms with Crippen LogP contribution in [0.3, 0.4) is 0 Å². The highest BCUT2D eigenvalue weighted by molar-refractivity contribution is 5.90. The Kier molecular flexibility index (Phi) is 4.32. The second-order valence-corrected chi connectivity index (χ2v) is 3.37. The van der Waals surface area contributed by atoms with Gasteiger partial charge in [-0.25, -0.2) is 0 Å². The number of nitrogens with one attached hydrogen (secondary N) is 1. The minimum Gasteiger partial charge on any atom is -0.409 e. The minimum atomic E-state index is -0.0239. The van der Waals surface area contributed by atoms with Crippen LogP contribution in [0.1, 0.15) is 18.9 Å². The second-order valence-electron chi connectivity index (χ2n) is 3.37. The molecule has 0 spiro atoms. The lowest BCUT2D eigenvalue weighted by Gasteiger charge is -2.04. The molecule has 1 aromatic rings. The molecule has 0 radical (unpaired) electrons. The molecule has 16 heavy (non-hydrogen) atoms. The van der Waals surface area contributed by atoms with Gasteiger partial charge in [-0.3, -0.25) is 4.79 Å². The van der Waals surface area contributed by atoms with E-state index >= 15 is 0 Å². The third-order valence-corrected chi connectivity index (χ3v) is 2.07. The Morgan fingerprint density at radius 2 is 2.06 bits per heavy atom. The minimum absolute atomic E-state index is 0.0239. The van der Waals surface area contributed by atoms with Gasteiger partial charge in [-0.15, -0.1) is 0 Å². The van der Waals surface area contributed by atoms with Gasteiger partial charge in [0.15, 0.2) is 0 Å². The van der Waals surface area contributed by atoms with E-state index < -0.39 is 0 Å². The van der Waals surface area contributed by atoms with Crippen molar-refractivity contribution in [2.75, 3.05) is 5.32 Å². The molecule has 0 saturated heterocycles. The van der Waals surface area contributed by atoms with Gasteiger partial charge < -0.3 is 16.3 Å². The molecule has 5 nitrogen and oxygen atoms in total. The number of nitrogens with zero attached hydrogens (tertiary/aromatic N) is 1. The zero-order chi connectivity index (χ0) is 12.0. The molecule has 0 aliphatic carbocycles. The monoisotopic (exact) mass is 221 g/mol. The maximum atomic E-state index is 11.1. The SMILES string of the molecule is CCC(=O)Nc1ccc(CC(N)=NO)cc1. The molecule has 5 heteroatoms. The van der Waals surface area contributed by atoms with Crippen LogP contribution in [0.2, 0.25) is 0 Å². The number of oxime groups is 1. The number of amidine groups is 1. The highest BCUT2D eigenvalue weighted by Crippen LogP contribution is 2.10. The number of carbonyl (C=O) groups excluding carboxylic acids is 1. The van der Waals surface area contributed by atoms with Gasteiger partial charge in [-0.05, 0) is 17.7 Å². The first-order valence-electron chi connectivity index (χ1n) is 5.01. The molecular weight excluding hydrogens is 206 g/mol. The molecule has 86 valence electrons. The average Bonchev–Trinajstić information content (AvgIpc) is 2.31. The number of hydrogen-bond acceptors (Lipinski definition) is 3. The first-order valence-corrected chi connectivity index (χ1v) is 5.01. The van der Waals surface area contributed by atoms with Gasteiger partial charge >= 0.3 is 0 Å². The predicted octanol–water partition coefficient (Wildman–Crippen LogP) is 1.32. The van der Waals surface area contributed by atoms with Gasteiger partial charge in [0.05, 0.1) is 0 Å². The van der Waals surface area contributed by atoms with Crippen molar-refractivity contribution in [1.29, 1.82) is 0 Å². The van der Waals surface area contributed by atoms with E-state index in [4.69, 9.17) is 10.9 Å². The van der Waals surface area contributed by atoms with Gasteiger partial charge in [0.2, 0.25) is 5.91 Å². The maximum absolute atomic E-state index is 11.1. The van der Waals surface area contributed by atoms with Crippen LogP contribution in [0.5, 0.6) is 0 Å². The molecule has 1 amide bonds. The molecule has 0 atom stereocenters. The normalized spacial score (nSPS) is 11.2. The van der Waals surface area contributed by atoms with E-state index in [0.29, 0.717) is 12.8 Å². The molecule has 1 aromatic carbocycles. The Morgan fingerprint density at radius 1 is 1.44 bits per heavy atom. The number of benzene rings is 1. The zero-order valence-corrected chi connectivity index (χ0v) is 9.10. The lowest BCUT2D eigenvalue weighted by molar-refractivity contribution is -0.115. The zero-order valence-electron chi connectivity index (χ0n) is 9.10. The van der Waals surface area contributed by atoms with Gasteiger partial charge in [-0.1, -0.05) is 24.2 Å². The summed E-state index contributed by atoms with van der Waals surface area (Å²) in [5.41, 5.74) is 7.04. The number of hydrogen-bond donors (Lipinski definition) is 3. The third-order valence-electron chi connectivity index (χ3n) is 2.07. The third kappa shape index (κ3) is 3.61. The predicted molar refractivity (Wildman–Crippen MR) is 62.5 cm³/mol. The van der Waals surface area contributed by atoms with Gasteiger partial charge in [0.25, 0.3) is 0 Å². The molecule has 0 aliphatic heterocycles. The number of nitrogens with two attached hydrogens (primary N) is 1. The summed E-state index contributed by atoms with van der Waals surface area (Å²) >= 11 is 0. The fourth-order valence-electron chi connectivity index (χ4n) is 1.20. The van der Waals surface area contributed by atoms with Crippen molar-refractivity contribution in [2.24, 2.45) is 10.9 Å². The summed E-state index contributed by atoms with van der Waals surface area (Å²) in [5, 5.41) is 14.0. The van der Waals surface area contributed by atoms with Crippen molar-refractivity contribution >= 4 is 17.4 Å². The standard InChI is InChI=1S/C11H15N3O2/c1-2-11(15)13-9-5-3-8(4-6-9)7-10(12)14-16/h3-6,16H,2,7H2,1H3,(H2,12,14)(H,13,15). The van der Waals surface area contributed by atoms with Gasteiger partial charge in [0, 0.05) is 18.5 Å². The van der Waals surface area contributed by atoms with Crippen LogP contribution in [-0.4, -0.2) is 17.0 Å². The molecule has 0 unspecified atom stereocenters. The highest BCUT2D eigenvalue weighted by atomic mass is 16.4. The molecule has 0 heterocycles. The van der Waals surface area contributed by atoms with Crippen molar-refractivity contribution < 1.29 is 10.0 Å². The molecule has 0 aromatic heterocycles. The molecule has 1 rings (SSSR count). The van der Waals surface area contributed by atoms with E-state index in [1.54, 1.807) is 19.1 Å². The molecule has 0 saturated carbocycles. The van der Waals surface area contributed by atoms with Crippen LogP contribution >= 0.6 is 0 Å². The van der Waals surface area contributed by atoms with Crippen LogP contribution in [0.15, 0.2) is 29.4 Å². The Labute approximate surface area is 94.0 Å². The average molecular weight is 221 g/mol. The summed E-state index contributed by atoms with van der Waals surface area (Å²) in [4.78, 5) is 11.1. The fraction of sp³-hybridized carbons (Fsp3) is 0.273. The number of carbonyl (C=O) groups is 1. The lowest BCUT2D eigenvalue weighted by atomic mass is 10.1. The highest BCUT2D eigenvalue weighted by Gasteiger charge is 2.00. The molecule has 4 N–H and O–H groups in total. The smallest absolute Gasteiger partial charge is 0.224 e. The Morgan fingerprint density at radius 3 is 2.56 bits per heavy atom. The van der Waals surface area contributed by atoms with Crippen molar-refractivity contribution in [3.05, 3.63) is 29.8 Å². The van der Waals surface area contributed by atoms with Gasteiger partial charge in [0.1, 0.15) is 5.84 Å². The first-order chi connectivity index (χ1) is 7.65. The van der Waals surface area contributed by atoms with Crippen molar-refractivity contribution in [2.45, 2.75) is 19.8 Å². The molecule has 0 aliphatic rings. The summed E-state index contributed by atoms with van der Waals surface area (Å²) in [6.45, 7) is 1.79. The van der Waals surface area contributed by atoms with Crippen LogP contribution in [-0.2, 0) is 11.2 Å². The Hall–Kier alpha value is -2.04. The second kappa shape index (κ2) is 5.75. The number of amides is 1. The quantitative estimate of drug-likeness (QED) is 0.310. The number of rotatable bonds is 4. The summed E-state index contributed by atoms with van der Waals surface area (Å²) in [6, 6.07) is 7.22. The topological polar surface area (TPSA) is 87.7 Å². The largest absolute Gasteiger partial charge is 0.409 e. The first kappa shape index (κ1) is 12.0. The van der Waals surface area contributed by atoms with Crippen molar-refractivity contribution in [3.8, 4) is 0 Å². The van der Waals surface area contributed by atoms with E-state index in [1.807, 2.05) is 12.1 Å². The summed E-state index contributed by atoms with van der Waals surface area (Å²) in [5.74, 6) is 0.134. The van der Waals surface area contributed by atoms with E-state index in [0.717, 1.165) is 11.3 Å². The fourth-order valence-corrected chi connectivity index (χ4v) is 1.20. The van der Waals surface area contributed by atoms with Crippen molar-refractivity contribution in [3.63, 3.8) is 0 Å². The lowest BCUT2D eigenvalue weighted by Crippen LogP contribution is -2.14. The molecule has 0 bridgehead atoms. The van der Waals surface area contributed by atoms with E-state index in [-0.39, 0.29) is 11.7 Å². The van der Waals surface area contributed by atoms with E-state index in [1.165, 1.54) is 0 Å². The van der Waals surface area contributed by atoms with Crippen LogP contribution < -0.4 is 11.1 Å². The summed E-state index contributed by atoms with van der Waals surface area (Å²) in [7, 11) is 0. The maximum Gasteiger partial charge on any atom is 0.224 e. The van der Waals surface area contributed by atoms with E-state index in [9.17, 15) is 4.79 Å². The van der Waals surface area contributed by atoms with Crippen LogP contribution in [0.4, 0.5) is 5.69 Å².